The lowest BCUT2D eigenvalue weighted by atomic mass is 10.3. The summed E-state index contributed by atoms with van der Waals surface area (Å²) in [7, 11) is 0. The van der Waals surface area contributed by atoms with Crippen LogP contribution in [-0.4, -0.2) is 52.9 Å². The van der Waals surface area contributed by atoms with Crippen LogP contribution >= 0.6 is 0 Å². The number of para-hydroxylation sites is 1. The van der Waals surface area contributed by atoms with Crippen LogP contribution in [0.1, 0.15) is 17.4 Å². The Labute approximate surface area is 158 Å². The third-order valence-corrected chi connectivity index (χ3v) is 3.57. The van der Waals surface area contributed by atoms with E-state index in [-0.39, 0.29) is 30.6 Å². The molecule has 7 nitrogen and oxygen atoms in total. The summed E-state index contributed by atoms with van der Waals surface area (Å²) in [6.45, 7) is 9.70. The lowest BCUT2D eigenvalue weighted by Gasteiger charge is -2.19. The van der Waals surface area contributed by atoms with Crippen molar-refractivity contribution in [3.05, 3.63) is 67.5 Å². The van der Waals surface area contributed by atoms with Crippen molar-refractivity contribution in [1.29, 1.82) is 0 Å². The summed E-state index contributed by atoms with van der Waals surface area (Å²) < 4.78 is 12.1. The van der Waals surface area contributed by atoms with Crippen molar-refractivity contribution >= 4 is 11.9 Å². The predicted octanol–water partition coefficient (Wildman–Crippen LogP) is 2.63. The molecule has 0 radical (unpaired) electrons. The fraction of sp³-hybridized carbons (Fsp3) is 0.250. The van der Waals surface area contributed by atoms with Gasteiger partial charge in [0.1, 0.15) is 0 Å². The minimum absolute atomic E-state index is 0.0208. The van der Waals surface area contributed by atoms with Crippen molar-refractivity contribution in [2.75, 3.05) is 26.3 Å². The first-order valence-corrected chi connectivity index (χ1v) is 8.55. The monoisotopic (exact) mass is 369 g/mol. The van der Waals surface area contributed by atoms with Gasteiger partial charge in [0.2, 0.25) is 5.69 Å². The molecular formula is C20H23N3O4. The highest BCUT2D eigenvalue weighted by Crippen LogP contribution is 2.21. The molecule has 2 rings (SSSR count). The van der Waals surface area contributed by atoms with Crippen LogP contribution in [0.5, 0.6) is 5.75 Å². The van der Waals surface area contributed by atoms with Crippen LogP contribution in [0.15, 0.2) is 61.8 Å². The standard InChI is InChI=1S/C20H23N3O4/c1-4-12-22(13-5-2)18(24)15-27-17-14-23(16-10-8-7-9-11-16)21-19(17)20(25)26-6-3/h4-5,7-11,14H,1-2,6,12-13,15H2,3H3. The molecule has 2 aromatic rings. The molecule has 1 aromatic heterocycles. The highest BCUT2D eigenvalue weighted by Gasteiger charge is 2.22. The van der Waals surface area contributed by atoms with Gasteiger partial charge in [-0.3, -0.25) is 4.79 Å². The fourth-order valence-electron chi connectivity index (χ4n) is 2.34. The molecule has 0 spiro atoms. The van der Waals surface area contributed by atoms with Crippen molar-refractivity contribution in [3.8, 4) is 11.4 Å². The van der Waals surface area contributed by atoms with E-state index in [0.29, 0.717) is 13.1 Å². The number of hydrogen-bond donors (Lipinski definition) is 0. The zero-order chi connectivity index (χ0) is 19.6. The number of ether oxygens (including phenoxy) is 2. The topological polar surface area (TPSA) is 73.7 Å². The molecule has 27 heavy (non-hydrogen) atoms. The van der Waals surface area contributed by atoms with E-state index in [2.05, 4.69) is 18.3 Å². The van der Waals surface area contributed by atoms with Crippen LogP contribution in [0.4, 0.5) is 0 Å². The third kappa shape index (κ3) is 5.31. The summed E-state index contributed by atoms with van der Waals surface area (Å²) in [5.41, 5.74) is 0.775. The molecule has 0 aliphatic heterocycles. The first-order chi connectivity index (χ1) is 13.1. The molecule has 0 N–H and O–H groups in total. The van der Waals surface area contributed by atoms with Crippen molar-refractivity contribution < 1.29 is 19.1 Å². The molecule has 0 saturated heterocycles. The van der Waals surface area contributed by atoms with Gasteiger partial charge < -0.3 is 14.4 Å². The van der Waals surface area contributed by atoms with Crippen LogP contribution in [0, 0.1) is 0 Å². The molecule has 0 bridgehead atoms. The van der Waals surface area contributed by atoms with E-state index >= 15 is 0 Å². The highest BCUT2D eigenvalue weighted by atomic mass is 16.5. The number of esters is 1. The maximum Gasteiger partial charge on any atom is 0.362 e. The van der Waals surface area contributed by atoms with E-state index in [1.165, 1.54) is 9.58 Å². The van der Waals surface area contributed by atoms with Crippen molar-refractivity contribution in [2.45, 2.75) is 6.92 Å². The molecule has 0 saturated carbocycles. The fourth-order valence-corrected chi connectivity index (χ4v) is 2.34. The first-order valence-electron chi connectivity index (χ1n) is 8.55. The number of rotatable bonds is 10. The maximum atomic E-state index is 12.3. The second kappa shape index (κ2) is 9.96. The molecule has 0 unspecified atom stereocenters. The summed E-state index contributed by atoms with van der Waals surface area (Å²) in [6, 6.07) is 9.27. The highest BCUT2D eigenvalue weighted by molar-refractivity contribution is 5.90. The van der Waals surface area contributed by atoms with Crippen molar-refractivity contribution in [3.63, 3.8) is 0 Å². The molecule has 0 atom stereocenters. The van der Waals surface area contributed by atoms with Gasteiger partial charge in [0.05, 0.1) is 18.5 Å². The Balaban J connectivity index is 2.22. The van der Waals surface area contributed by atoms with E-state index in [9.17, 15) is 9.59 Å². The number of carbonyl (C=O) groups excluding carboxylic acids is 2. The Morgan fingerprint density at radius 2 is 1.85 bits per heavy atom. The summed E-state index contributed by atoms with van der Waals surface area (Å²) in [5, 5.41) is 4.25. The first kappa shape index (κ1) is 20.0. The molecule has 1 aromatic carbocycles. The van der Waals surface area contributed by atoms with Crippen LogP contribution in [0.25, 0.3) is 5.69 Å². The second-order valence-electron chi connectivity index (χ2n) is 5.51. The van der Waals surface area contributed by atoms with E-state index < -0.39 is 5.97 Å². The number of hydrogen-bond acceptors (Lipinski definition) is 5. The van der Waals surface area contributed by atoms with Gasteiger partial charge in [0.25, 0.3) is 5.91 Å². The number of aromatic nitrogens is 2. The number of nitrogens with zero attached hydrogens (tertiary/aromatic N) is 3. The second-order valence-corrected chi connectivity index (χ2v) is 5.51. The Morgan fingerprint density at radius 1 is 1.19 bits per heavy atom. The Hall–Kier alpha value is -3.35. The van der Waals surface area contributed by atoms with Crippen LogP contribution in [0.2, 0.25) is 0 Å². The minimum atomic E-state index is -0.608. The molecular weight excluding hydrogens is 346 g/mol. The minimum Gasteiger partial charge on any atom is -0.480 e. The Morgan fingerprint density at radius 3 is 2.44 bits per heavy atom. The zero-order valence-corrected chi connectivity index (χ0v) is 15.3. The Bertz CT molecular complexity index is 789. The van der Waals surface area contributed by atoms with Gasteiger partial charge in [-0.05, 0) is 19.1 Å². The molecule has 1 amide bonds. The van der Waals surface area contributed by atoms with E-state index in [1.807, 2.05) is 30.3 Å². The number of carbonyl (C=O) groups is 2. The predicted molar refractivity (Wildman–Crippen MR) is 102 cm³/mol. The SMILES string of the molecule is C=CCN(CC=C)C(=O)COc1cn(-c2ccccc2)nc1C(=O)OCC. The molecule has 1 heterocycles. The van der Waals surface area contributed by atoms with Crippen molar-refractivity contribution in [1.82, 2.24) is 14.7 Å². The van der Waals surface area contributed by atoms with Crippen LogP contribution in [0.3, 0.4) is 0 Å². The summed E-state index contributed by atoms with van der Waals surface area (Å²) in [6.07, 6.45) is 4.80. The molecule has 7 heteroatoms. The largest absolute Gasteiger partial charge is 0.480 e. The third-order valence-electron chi connectivity index (χ3n) is 3.57. The molecule has 0 aliphatic rings. The van der Waals surface area contributed by atoms with E-state index in [1.54, 1.807) is 25.3 Å². The summed E-state index contributed by atoms with van der Waals surface area (Å²) >= 11 is 0. The molecule has 142 valence electrons. The summed E-state index contributed by atoms with van der Waals surface area (Å²) in [5.74, 6) is -0.677. The van der Waals surface area contributed by atoms with Crippen molar-refractivity contribution in [2.24, 2.45) is 0 Å². The average Bonchev–Trinajstić information content (AvgIpc) is 3.11. The van der Waals surface area contributed by atoms with Gasteiger partial charge in [-0.25, -0.2) is 9.48 Å². The van der Waals surface area contributed by atoms with Gasteiger partial charge in [-0.15, -0.1) is 13.2 Å². The van der Waals surface area contributed by atoms with Gasteiger partial charge in [0, 0.05) is 13.1 Å². The maximum absolute atomic E-state index is 12.3. The number of amides is 1. The average molecular weight is 369 g/mol. The smallest absolute Gasteiger partial charge is 0.362 e. The lowest BCUT2D eigenvalue weighted by molar-refractivity contribution is -0.132. The van der Waals surface area contributed by atoms with Gasteiger partial charge in [-0.1, -0.05) is 30.4 Å². The summed E-state index contributed by atoms with van der Waals surface area (Å²) in [4.78, 5) is 26.1. The van der Waals surface area contributed by atoms with Gasteiger partial charge in [0.15, 0.2) is 12.4 Å². The van der Waals surface area contributed by atoms with Crippen LogP contribution in [-0.2, 0) is 9.53 Å². The van der Waals surface area contributed by atoms with E-state index in [0.717, 1.165) is 5.69 Å². The van der Waals surface area contributed by atoms with E-state index in [4.69, 9.17) is 9.47 Å². The van der Waals surface area contributed by atoms with Gasteiger partial charge in [-0.2, -0.15) is 5.10 Å². The normalized spacial score (nSPS) is 10.1. The number of benzene rings is 1. The van der Waals surface area contributed by atoms with Gasteiger partial charge >= 0.3 is 5.97 Å². The zero-order valence-electron chi connectivity index (χ0n) is 15.3. The van der Waals surface area contributed by atoms with Crippen LogP contribution < -0.4 is 4.74 Å². The Kier molecular flexibility index (Phi) is 7.37. The lowest BCUT2D eigenvalue weighted by Crippen LogP contribution is -2.35. The molecule has 0 aliphatic carbocycles. The molecule has 0 fully saturated rings. The quantitative estimate of drug-likeness (QED) is 0.475.